The summed E-state index contributed by atoms with van der Waals surface area (Å²) in [5.74, 6) is -0.450. The van der Waals surface area contributed by atoms with Gasteiger partial charge >= 0.3 is 0 Å². The number of thiophene rings is 1. The lowest BCUT2D eigenvalue weighted by atomic mass is 10.1. The van der Waals surface area contributed by atoms with Crippen molar-refractivity contribution in [3.05, 3.63) is 46.7 Å². The highest BCUT2D eigenvalue weighted by atomic mass is 32.1. The Morgan fingerprint density at radius 3 is 2.44 bits per heavy atom. The summed E-state index contributed by atoms with van der Waals surface area (Å²) < 4.78 is 0. The minimum absolute atomic E-state index is 0.224. The molecule has 132 valence electrons. The molecule has 3 rings (SSSR count). The van der Waals surface area contributed by atoms with E-state index in [1.54, 1.807) is 13.0 Å². The average Bonchev–Trinajstić information content (AvgIpc) is 3.18. The van der Waals surface area contributed by atoms with Crippen LogP contribution in [0, 0.1) is 0 Å². The fourth-order valence-electron chi connectivity index (χ4n) is 2.90. The van der Waals surface area contributed by atoms with Crippen LogP contribution < -0.4 is 15.5 Å². The molecule has 1 aromatic carbocycles. The standard InChI is InChI=1S/C19H23N3O2S/c1-14(20-19(24)17-6-5-13-25-17)18(23)21-15-7-9-16(10-8-15)22-11-3-2-4-12-22/h5-10,13-14H,2-4,11-12H2,1H3,(H,20,24)(H,21,23). The summed E-state index contributed by atoms with van der Waals surface area (Å²) in [7, 11) is 0. The first-order chi connectivity index (χ1) is 12.1. The molecule has 1 fully saturated rings. The smallest absolute Gasteiger partial charge is 0.261 e. The van der Waals surface area contributed by atoms with Crippen LogP contribution in [0.5, 0.6) is 0 Å². The number of carbonyl (C=O) groups excluding carboxylic acids is 2. The van der Waals surface area contributed by atoms with Crippen LogP contribution >= 0.6 is 11.3 Å². The van der Waals surface area contributed by atoms with E-state index in [-0.39, 0.29) is 11.8 Å². The molecule has 0 aliphatic carbocycles. The molecule has 1 aliphatic heterocycles. The molecule has 2 heterocycles. The van der Waals surface area contributed by atoms with Crippen molar-refractivity contribution in [3.8, 4) is 0 Å². The molecule has 1 atom stereocenters. The van der Waals surface area contributed by atoms with Crippen molar-refractivity contribution in [2.45, 2.75) is 32.2 Å². The molecule has 1 aromatic heterocycles. The number of amides is 2. The Balaban J connectivity index is 1.54. The van der Waals surface area contributed by atoms with E-state index >= 15 is 0 Å². The molecule has 2 amide bonds. The first-order valence-electron chi connectivity index (χ1n) is 8.64. The summed E-state index contributed by atoms with van der Waals surface area (Å²) in [4.78, 5) is 27.3. The second-order valence-corrected chi connectivity index (χ2v) is 7.20. The minimum atomic E-state index is -0.601. The molecular formula is C19H23N3O2S. The number of carbonyl (C=O) groups is 2. The van der Waals surface area contributed by atoms with Gasteiger partial charge in [0, 0.05) is 24.5 Å². The van der Waals surface area contributed by atoms with Crippen LogP contribution in [0.2, 0.25) is 0 Å². The van der Waals surface area contributed by atoms with Crippen LogP contribution in [-0.2, 0) is 4.79 Å². The molecule has 0 bridgehead atoms. The first kappa shape index (κ1) is 17.5. The first-order valence-corrected chi connectivity index (χ1v) is 9.52. The number of hydrogen-bond donors (Lipinski definition) is 2. The zero-order valence-corrected chi connectivity index (χ0v) is 15.1. The van der Waals surface area contributed by atoms with Gasteiger partial charge in [-0.3, -0.25) is 9.59 Å². The lowest BCUT2D eigenvalue weighted by molar-refractivity contribution is -0.117. The molecule has 6 heteroatoms. The molecule has 1 aliphatic rings. The van der Waals surface area contributed by atoms with E-state index in [1.807, 2.05) is 35.7 Å². The fraction of sp³-hybridized carbons (Fsp3) is 0.368. The zero-order valence-electron chi connectivity index (χ0n) is 14.3. The number of piperidine rings is 1. The highest BCUT2D eigenvalue weighted by molar-refractivity contribution is 7.12. The number of nitrogens with zero attached hydrogens (tertiary/aromatic N) is 1. The van der Waals surface area contributed by atoms with Crippen molar-refractivity contribution in [2.75, 3.05) is 23.3 Å². The predicted molar refractivity (Wildman–Crippen MR) is 102 cm³/mol. The van der Waals surface area contributed by atoms with Gasteiger partial charge in [-0.05, 0) is 61.9 Å². The van der Waals surface area contributed by atoms with E-state index < -0.39 is 6.04 Å². The largest absolute Gasteiger partial charge is 0.372 e. The van der Waals surface area contributed by atoms with E-state index in [1.165, 1.54) is 36.3 Å². The molecule has 2 aromatic rings. The van der Waals surface area contributed by atoms with E-state index in [9.17, 15) is 9.59 Å². The third-order valence-corrected chi connectivity index (χ3v) is 5.21. The SMILES string of the molecule is CC(NC(=O)c1cccs1)C(=O)Nc1ccc(N2CCCCC2)cc1. The molecule has 2 N–H and O–H groups in total. The average molecular weight is 357 g/mol. The number of rotatable bonds is 5. The Labute approximate surface area is 152 Å². The lowest BCUT2D eigenvalue weighted by Gasteiger charge is -2.28. The molecule has 25 heavy (non-hydrogen) atoms. The van der Waals surface area contributed by atoms with Crippen LogP contribution in [0.15, 0.2) is 41.8 Å². The summed E-state index contributed by atoms with van der Waals surface area (Å²) >= 11 is 1.36. The summed E-state index contributed by atoms with van der Waals surface area (Å²) in [6.07, 6.45) is 3.78. The van der Waals surface area contributed by atoms with Gasteiger partial charge in [-0.1, -0.05) is 6.07 Å². The van der Waals surface area contributed by atoms with Gasteiger partial charge in [0.15, 0.2) is 0 Å². The Morgan fingerprint density at radius 2 is 1.80 bits per heavy atom. The van der Waals surface area contributed by atoms with Crippen LogP contribution in [0.25, 0.3) is 0 Å². The summed E-state index contributed by atoms with van der Waals surface area (Å²) in [5, 5.41) is 7.41. The van der Waals surface area contributed by atoms with E-state index in [0.29, 0.717) is 4.88 Å². The Morgan fingerprint density at radius 1 is 1.08 bits per heavy atom. The van der Waals surface area contributed by atoms with Crippen molar-refractivity contribution in [1.82, 2.24) is 5.32 Å². The Kier molecular flexibility index (Phi) is 5.71. The van der Waals surface area contributed by atoms with E-state index in [4.69, 9.17) is 0 Å². The third kappa shape index (κ3) is 4.60. The van der Waals surface area contributed by atoms with Crippen LogP contribution in [0.1, 0.15) is 35.9 Å². The van der Waals surface area contributed by atoms with Gasteiger partial charge in [0.25, 0.3) is 5.91 Å². The predicted octanol–water partition coefficient (Wildman–Crippen LogP) is 3.50. The van der Waals surface area contributed by atoms with E-state index in [2.05, 4.69) is 15.5 Å². The van der Waals surface area contributed by atoms with Crippen molar-refractivity contribution < 1.29 is 9.59 Å². The summed E-state index contributed by atoms with van der Waals surface area (Å²) in [6.45, 7) is 3.87. The Bertz CT molecular complexity index is 707. The number of anilines is 2. The molecular weight excluding hydrogens is 334 g/mol. The topological polar surface area (TPSA) is 61.4 Å². The number of benzene rings is 1. The van der Waals surface area contributed by atoms with Gasteiger partial charge in [0.2, 0.25) is 5.91 Å². The van der Waals surface area contributed by atoms with Gasteiger partial charge in [0.1, 0.15) is 6.04 Å². The lowest BCUT2D eigenvalue weighted by Crippen LogP contribution is -2.41. The van der Waals surface area contributed by atoms with Crippen molar-refractivity contribution >= 4 is 34.5 Å². The molecule has 1 unspecified atom stereocenters. The molecule has 5 nitrogen and oxygen atoms in total. The maximum absolute atomic E-state index is 12.3. The second kappa shape index (κ2) is 8.16. The Hall–Kier alpha value is -2.34. The zero-order chi connectivity index (χ0) is 17.6. The van der Waals surface area contributed by atoms with Gasteiger partial charge in [0.05, 0.1) is 4.88 Å². The minimum Gasteiger partial charge on any atom is -0.372 e. The quantitative estimate of drug-likeness (QED) is 0.861. The molecule has 1 saturated heterocycles. The molecule has 0 spiro atoms. The van der Waals surface area contributed by atoms with Crippen LogP contribution in [0.3, 0.4) is 0 Å². The van der Waals surface area contributed by atoms with Crippen LogP contribution in [-0.4, -0.2) is 30.9 Å². The van der Waals surface area contributed by atoms with Gasteiger partial charge in [-0.15, -0.1) is 11.3 Å². The van der Waals surface area contributed by atoms with Crippen molar-refractivity contribution in [3.63, 3.8) is 0 Å². The molecule has 0 radical (unpaired) electrons. The van der Waals surface area contributed by atoms with Crippen LogP contribution in [0.4, 0.5) is 11.4 Å². The van der Waals surface area contributed by atoms with Gasteiger partial charge in [-0.25, -0.2) is 0 Å². The van der Waals surface area contributed by atoms with Gasteiger partial charge < -0.3 is 15.5 Å². The normalized spacial score (nSPS) is 15.5. The van der Waals surface area contributed by atoms with Crippen molar-refractivity contribution in [1.29, 1.82) is 0 Å². The highest BCUT2D eigenvalue weighted by Gasteiger charge is 2.17. The third-order valence-electron chi connectivity index (χ3n) is 4.34. The van der Waals surface area contributed by atoms with E-state index in [0.717, 1.165) is 18.8 Å². The monoisotopic (exact) mass is 357 g/mol. The second-order valence-electron chi connectivity index (χ2n) is 6.26. The summed E-state index contributed by atoms with van der Waals surface area (Å²) in [5.41, 5.74) is 1.93. The maximum Gasteiger partial charge on any atom is 0.261 e. The number of nitrogens with one attached hydrogen (secondary N) is 2. The highest BCUT2D eigenvalue weighted by Crippen LogP contribution is 2.21. The van der Waals surface area contributed by atoms with Crippen molar-refractivity contribution in [2.24, 2.45) is 0 Å². The maximum atomic E-state index is 12.3. The van der Waals surface area contributed by atoms with Gasteiger partial charge in [-0.2, -0.15) is 0 Å². The summed E-state index contributed by atoms with van der Waals surface area (Å²) in [6, 6.07) is 10.9. The molecule has 0 saturated carbocycles. The fourth-order valence-corrected chi connectivity index (χ4v) is 3.53. The number of hydrogen-bond acceptors (Lipinski definition) is 4.